The number of amides is 1. The molecule has 0 atom stereocenters. The fraction of sp³-hybridized carbons (Fsp3) is 0.296. The zero-order valence-corrected chi connectivity index (χ0v) is 18.5. The molecule has 31 heavy (non-hydrogen) atoms. The van der Waals surface area contributed by atoms with Gasteiger partial charge in [0.15, 0.2) is 0 Å². The van der Waals surface area contributed by atoms with Crippen LogP contribution in [0, 0.1) is 13.8 Å². The van der Waals surface area contributed by atoms with Crippen molar-refractivity contribution in [1.82, 2.24) is 4.90 Å². The van der Waals surface area contributed by atoms with Crippen LogP contribution in [0.4, 0.5) is 11.4 Å². The van der Waals surface area contributed by atoms with E-state index in [1.807, 2.05) is 24.3 Å². The van der Waals surface area contributed by atoms with Crippen LogP contribution in [0.2, 0.25) is 0 Å². The lowest BCUT2D eigenvalue weighted by atomic mass is 10.0. The van der Waals surface area contributed by atoms with Gasteiger partial charge in [0.05, 0.1) is 6.54 Å². The van der Waals surface area contributed by atoms with Crippen LogP contribution in [-0.4, -0.2) is 43.5 Å². The van der Waals surface area contributed by atoms with Crippen LogP contribution in [0.25, 0.3) is 0 Å². The second kappa shape index (κ2) is 9.80. The topological polar surface area (TPSA) is 35.6 Å². The first-order valence-electron chi connectivity index (χ1n) is 11.1. The van der Waals surface area contributed by atoms with Crippen LogP contribution < -0.4 is 10.2 Å². The number of aryl methyl sites for hydroxylation is 1. The summed E-state index contributed by atoms with van der Waals surface area (Å²) in [6.07, 6.45) is 0.811. The van der Waals surface area contributed by atoms with Gasteiger partial charge in [-0.25, -0.2) is 0 Å². The SMILES string of the molecule is Cc1cccc(N2CCN(CC(=O)Nc3ccccc3Cc3ccccc3)CC2)c1C. The number of nitrogens with zero attached hydrogens (tertiary/aromatic N) is 2. The minimum absolute atomic E-state index is 0.0562. The summed E-state index contributed by atoms with van der Waals surface area (Å²) in [4.78, 5) is 17.5. The van der Waals surface area contributed by atoms with E-state index in [1.54, 1.807) is 0 Å². The van der Waals surface area contributed by atoms with Gasteiger partial charge < -0.3 is 10.2 Å². The Morgan fingerprint density at radius 3 is 2.32 bits per heavy atom. The molecule has 3 aromatic rings. The minimum Gasteiger partial charge on any atom is -0.369 e. The maximum absolute atomic E-state index is 12.8. The molecule has 0 spiro atoms. The smallest absolute Gasteiger partial charge is 0.238 e. The molecule has 1 amide bonds. The lowest BCUT2D eigenvalue weighted by Gasteiger charge is -2.36. The van der Waals surface area contributed by atoms with E-state index < -0.39 is 0 Å². The predicted octanol–water partition coefficient (Wildman–Crippen LogP) is 4.65. The average Bonchev–Trinajstić information content (AvgIpc) is 2.78. The van der Waals surface area contributed by atoms with E-state index in [2.05, 4.69) is 77.5 Å². The van der Waals surface area contributed by atoms with Gasteiger partial charge in [0.25, 0.3) is 0 Å². The summed E-state index contributed by atoms with van der Waals surface area (Å²) in [7, 11) is 0. The summed E-state index contributed by atoms with van der Waals surface area (Å²) in [6.45, 7) is 8.47. The molecule has 0 aliphatic carbocycles. The Kier molecular flexibility index (Phi) is 6.68. The molecular weight excluding hydrogens is 382 g/mol. The Labute approximate surface area is 185 Å². The lowest BCUT2D eigenvalue weighted by Crippen LogP contribution is -2.48. The first-order chi connectivity index (χ1) is 15.1. The summed E-state index contributed by atoms with van der Waals surface area (Å²) in [5.41, 5.74) is 7.29. The Balaban J connectivity index is 1.33. The lowest BCUT2D eigenvalue weighted by molar-refractivity contribution is -0.117. The van der Waals surface area contributed by atoms with Crippen LogP contribution >= 0.6 is 0 Å². The van der Waals surface area contributed by atoms with Crippen molar-refractivity contribution < 1.29 is 4.79 Å². The molecule has 0 bridgehead atoms. The zero-order valence-electron chi connectivity index (χ0n) is 18.5. The summed E-state index contributed by atoms with van der Waals surface area (Å²) < 4.78 is 0. The monoisotopic (exact) mass is 413 g/mol. The summed E-state index contributed by atoms with van der Waals surface area (Å²) in [5.74, 6) is 0.0562. The van der Waals surface area contributed by atoms with Crippen molar-refractivity contribution in [2.24, 2.45) is 0 Å². The van der Waals surface area contributed by atoms with E-state index in [1.165, 1.54) is 22.4 Å². The molecule has 0 unspecified atom stereocenters. The van der Waals surface area contributed by atoms with Gasteiger partial charge in [-0.15, -0.1) is 0 Å². The van der Waals surface area contributed by atoms with E-state index in [-0.39, 0.29) is 5.91 Å². The van der Waals surface area contributed by atoms with Gasteiger partial charge in [0, 0.05) is 37.6 Å². The fourth-order valence-corrected chi connectivity index (χ4v) is 4.23. The number of nitrogens with one attached hydrogen (secondary N) is 1. The minimum atomic E-state index is 0.0562. The highest BCUT2D eigenvalue weighted by Crippen LogP contribution is 2.24. The average molecular weight is 414 g/mol. The highest BCUT2D eigenvalue weighted by molar-refractivity contribution is 5.93. The number of para-hydroxylation sites is 1. The molecule has 1 aliphatic rings. The molecule has 0 saturated carbocycles. The number of hydrogen-bond donors (Lipinski definition) is 1. The van der Waals surface area contributed by atoms with Gasteiger partial charge in [-0.1, -0.05) is 60.7 Å². The molecule has 4 heteroatoms. The van der Waals surface area contributed by atoms with Crippen molar-refractivity contribution in [3.8, 4) is 0 Å². The van der Waals surface area contributed by atoms with Crippen LogP contribution in [0.15, 0.2) is 72.8 Å². The second-order valence-electron chi connectivity index (χ2n) is 8.35. The number of hydrogen-bond acceptors (Lipinski definition) is 3. The van der Waals surface area contributed by atoms with Crippen molar-refractivity contribution in [2.45, 2.75) is 20.3 Å². The first kappa shape index (κ1) is 21.1. The molecule has 1 heterocycles. The van der Waals surface area contributed by atoms with Crippen molar-refractivity contribution in [3.63, 3.8) is 0 Å². The Hall–Kier alpha value is -3.11. The number of carbonyl (C=O) groups excluding carboxylic acids is 1. The molecule has 0 radical (unpaired) electrons. The standard InChI is InChI=1S/C27H31N3O/c1-21-9-8-14-26(22(21)2)30-17-15-29(16-18-30)20-27(31)28-25-13-7-6-12-24(25)19-23-10-4-3-5-11-23/h3-14H,15-20H2,1-2H3,(H,28,31). The number of piperazine rings is 1. The van der Waals surface area contributed by atoms with Crippen molar-refractivity contribution >= 4 is 17.3 Å². The highest BCUT2D eigenvalue weighted by Gasteiger charge is 2.20. The third kappa shape index (κ3) is 5.33. The molecule has 3 aromatic carbocycles. The molecule has 1 aliphatic heterocycles. The van der Waals surface area contributed by atoms with E-state index in [4.69, 9.17) is 0 Å². The molecule has 4 rings (SSSR count). The van der Waals surface area contributed by atoms with E-state index in [9.17, 15) is 4.79 Å². The van der Waals surface area contributed by atoms with Gasteiger partial charge in [-0.3, -0.25) is 9.69 Å². The van der Waals surface area contributed by atoms with Crippen molar-refractivity contribution in [1.29, 1.82) is 0 Å². The molecule has 4 nitrogen and oxygen atoms in total. The Morgan fingerprint density at radius 1 is 0.839 bits per heavy atom. The third-order valence-corrected chi connectivity index (χ3v) is 6.19. The summed E-state index contributed by atoms with van der Waals surface area (Å²) >= 11 is 0. The predicted molar refractivity (Wildman–Crippen MR) is 129 cm³/mol. The summed E-state index contributed by atoms with van der Waals surface area (Å²) in [6, 6.07) is 24.9. The van der Waals surface area contributed by atoms with E-state index in [0.29, 0.717) is 6.54 Å². The summed E-state index contributed by atoms with van der Waals surface area (Å²) in [5, 5.41) is 3.14. The van der Waals surface area contributed by atoms with Gasteiger partial charge in [0.2, 0.25) is 5.91 Å². The molecule has 1 N–H and O–H groups in total. The molecule has 1 saturated heterocycles. The molecular formula is C27H31N3O. The van der Waals surface area contributed by atoms with Crippen LogP contribution in [-0.2, 0) is 11.2 Å². The number of rotatable bonds is 6. The van der Waals surface area contributed by atoms with Crippen molar-refractivity contribution in [3.05, 3.63) is 95.1 Å². The Bertz CT molecular complexity index is 1020. The van der Waals surface area contributed by atoms with Crippen LogP contribution in [0.1, 0.15) is 22.3 Å². The first-order valence-corrected chi connectivity index (χ1v) is 11.1. The second-order valence-corrected chi connectivity index (χ2v) is 8.35. The van der Waals surface area contributed by atoms with Crippen LogP contribution in [0.5, 0.6) is 0 Å². The molecule has 0 aromatic heterocycles. The van der Waals surface area contributed by atoms with Gasteiger partial charge in [-0.05, 0) is 54.7 Å². The largest absolute Gasteiger partial charge is 0.369 e. The van der Waals surface area contributed by atoms with Gasteiger partial charge in [-0.2, -0.15) is 0 Å². The van der Waals surface area contributed by atoms with Gasteiger partial charge >= 0.3 is 0 Å². The number of benzene rings is 3. The third-order valence-electron chi connectivity index (χ3n) is 6.19. The van der Waals surface area contributed by atoms with E-state index >= 15 is 0 Å². The normalized spacial score (nSPS) is 14.5. The molecule has 1 fully saturated rings. The number of carbonyl (C=O) groups is 1. The van der Waals surface area contributed by atoms with Crippen molar-refractivity contribution in [2.75, 3.05) is 42.9 Å². The maximum Gasteiger partial charge on any atom is 0.238 e. The quantitative estimate of drug-likeness (QED) is 0.639. The zero-order chi connectivity index (χ0) is 21.6. The molecule has 160 valence electrons. The highest BCUT2D eigenvalue weighted by atomic mass is 16.2. The fourth-order valence-electron chi connectivity index (χ4n) is 4.23. The number of anilines is 2. The maximum atomic E-state index is 12.8. The van der Waals surface area contributed by atoms with Crippen LogP contribution in [0.3, 0.4) is 0 Å². The Morgan fingerprint density at radius 2 is 1.55 bits per heavy atom. The van der Waals surface area contributed by atoms with Gasteiger partial charge in [0.1, 0.15) is 0 Å². The van der Waals surface area contributed by atoms with E-state index in [0.717, 1.165) is 43.9 Å².